The van der Waals surface area contributed by atoms with E-state index in [-0.39, 0.29) is 17.2 Å². The summed E-state index contributed by atoms with van der Waals surface area (Å²) >= 11 is 0. The molecular formula is C27H28N4O2. The van der Waals surface area contributed by atoms with Gasteiger partial charge < -0.3 is 15.0 Å². The molecule has 0 aliphatic carbocycles. The number of imidazole rings is 1. The molecule has 0 bridgehead atoms. The second-order valence-corrected chi connectivity index (χ2v) is 9.24. The number of carbonyl (C=O) groups is 2. The summed E-state index contributed by atoms with van der Waals surface area (Å²) in [6.45, 7) is 9.89. The Kier molecular flexibility index (Phi) is 5.77. The molecule has 4 aromatic rings. The van der Waals surface area contributed by atoms with Crippen LogP contribution in [0.1, 0.15) is 49.2 Å². The molecule has 0 fully saturated rings. The Bertz CT molecular complexity index is 1350. The zero-order valence-electron chi connectivity index (χ0n) is 19.6. The quantitative estimate of drug-likeness (QED) is 0.420. The highest BCUT2D eigenvalue weighted by atomic mass is 16.2. The average molecular weight is 441 g/mol. The highest BCUT2D eigenvalue weighted by Gasteiger charge is 2.16. The predicted molar refractivity (Wildman–Crippen MR) is 133 cm³/mol. The minimum absolute atomic E-state index is 0.0341. The number of anilines is 2. The zero-order chi connectivity index (χ0) is 23.8. The normalized spacial score (nSPS) is 11.4. The van der Waals surface area contributed by atoms with Crippen LogP contribution < -0.4 is 10.6 Å². The van der Waals surface area contributed by atoms with Crippen LogP contribution in [0.5, 0.6) is 0 Å². The first-order chi connectivity index (χ1) is 15.6. The Balaban J connectivity index is 1.66. The summed E-state index contributed by atoms with van der Waals surface area (Å²) in [6.07, 6.45) is 5.50. The van der Waals surface area contributed by atoms with Crippen molar-refractivity contribution in [2.24, 2.45) is 0 Å². The summed E-state index contributed by atoms with van der Waals surface area (Å²) in [5.41, 5.74) is 6.68. The number of nitrogens with zero attached hydrogens (tertiary/aromatic N) is 2. The van der Waals surface area contributed by atoms with Crippen LogP contribution in [0, 0.1) is 6.92 Å². The van der Waals surface area contributed by atoms with E-state index in [2.05, 4.69) is 36.4 Å². The minimum Gasteiger partial charge on any atom is -0.323 e. The van der Waals surface area contributed by atoms with E-state index in [4.69, 9.17) is 0 Å². The number of amides is 2. The van der Waals surface area contributed by atoms with E-state index >= 15 is 0 Å². The monoisotopic (exact) mass is 440 g/mol. The zero-order valence-corrected chi connectivity index (χ0v) is 19.6. The summed E-state index contributed by atoms with van der Waals surface area (Å²) in [5, 5.41) is 5.90. The number of rotatable bonds is 4. The molecule has 2 aromatic heterocycles. The summed E-state index contributed by atoms with van der Waals surface area (Å²) in [7, 11) is 0. The van der Waals surface area contributed by atoms with Crippen molar-refractivity contribution in [2.45, 2.75) is 40.0 Å². The van der Waals surface area contributed by atoms with Gasteiger partial charge in [0.1, 0.15) is 0 Å². The summed E-state index contributed by atoms with van der Waals surface area (Å²) in [5.74, 6) is -0.313. The van der Waals surface area contributed by atoms with Gasteiger partial charge in [-0.1, -0.05) is 45.0 Å². The van der Waals surface area contributed by atoms with Crippen molar-refractivity contribution in [1.82, 2.24) is 9.38 Å². The lowest BCUT2D eigenvalue weighted by Crippen LogP contribution is -2.15. The molecule has 0 unspecified atom stereocenters. The van der Waals surface area contributed by atoms with Gasteiger partial charge >= 0.3 is 0 Å². The minimum atomic E-state index is -0.160. The van der Waals surface area contributed by atoms with Crippen LogP contribution in [0.25, 0.3) is 16.8 Å². The number of benzene rings is 2. The van der Waals surface area contributed by atoms with Crippen molar-refractivity contribution < 1.29 is 9.59 Å². The van der Waals surface area contributed by atoms with Gasteiger partial charge in [0.05, 0.1) is 5.69 Å². The van der Waals surface area contributed by atoms with Gasteiger partial charge in [-0.15, -0.1) is 0 Å². The van der Waals surface area contributed by atoms with E-state index in [0.717, 1.165) is 22.4 Å². The van der Waals surface area contributed by atoms with Crippen molar-refractivity contribution in [2.75, 3.05) is 10.6 Å². The SMILES string of the molecule is CC(=O)Nc1cc(-c2cccc(NC(=O)c3ccc(C(C)(C)C)cc3)c2C)cn2ccnc12. The molecular weight excluding hydrogens is 412 g/mol. The van der Waals surface area contributed by atoms with Crippen LogP contribution in [0.2, 0.25) is 0 Å². The van der Waals surface area contributed by atoms with Gasteiger partial charge in [-0.2, -0.15) is 0 Å². The van der Waals surface area contributed by atoms with Crippen LogP contribution in [-0.4, -0.2) is 21.2 Å². The number of nitrogens with one attached hydrogen (secondary N) is 2. The molecule has 2 N–H and O–H groups in total. The summed E-state index contributed by atoms with van der Waals surface area (Å²) in [6, 6.07) is 15.4. The average Bonchev–Trinajstić information content (AvgIpc) is 3.23. The van der Waals surface area contributed by atoms with Crippen molar-refractivity contribution in [3.05, 3.63) is 83.8 Å². The summed E-state index contributed by atoms with van der Waals surface area (Å²) in [4.78, 5) is 28.9. The Labute approximate surface area is 193 Å². The topological polar surface area (TPSA) is 75.5 Å². The summed E-state index contributed by atoms with van der Waals surface area (Å²) < 4.78 is 1.88. The first-order valence-electron chi connectivity index (χ1n) is 10.9. The molecule has 0 radical (unpaired) electrons. The van der Waals surface area contributed by atoms with E-state index < -0.39 is 0 Å². The lowest BCUT2D eigenvalue weighted by atomic mass is 9.86. The number of hydrogen-bond donors (Lipinski definition) is 2. The maximum atomic E-state index is 12.9. The number of fused-ring (bicyclic) bond motifs is 1. The number of hydrogen-bond acceptors (Lipinski definition) is 3. The molecule has 0 saturated carbocycles. The third-order valence-corrected chi connectivity index (χ3v) is 5.70. The lowest BCUT2D eigenvalue weighted by molar-refractivity contribution is -0.114. The van der Waals surface area contributed by atoms with Crippen molar-refractivity contribution in [3.8, 4) is 11.1 Å². The van der Waals surface area contributed by atoms with Gasteiger partial charge in [0.15, 0.2) is 5.65 Å². The fourth-order valence-electron chi connectivity index (χ4n) is 3.86. The molecule has 0 spiro atoms. The molecule has 0 saturated heterocycles. The molecule has 6 heteroatoms. The Hall–Kier alpha value is -3.93. The second-order valence-electron chi connectivity index (χ2n) is 9.24. The molecule has 0 aliphatic heterocycles. The van der Waals surface area contributed by atoms with Crippen LogP contribution in [0.3, 0.4) is 0 Å². The van der Waals surface area contributed by atoms with Crippen LogP contribution >= 0.6 is 0 Å². The number of pyridine rings is 1. The molecule has 0 aliphatic rings. The highest BCUT2D eigenvalue weighted by molar-refractivity contribution is 6.05. The number of aromatic nitrogens is 2. The van der Waals surface area contributed by atoms with Gasteiger partial charge in [0, 0.05) is 42.3 Å². The molecule has 33 heavy (non-hydrogen) atoms. The van der Waals surface area contributed by atoms with E-state index in [1.165, 1.54) is 12.5 Å². The lowest BCUT2D eigenvalue weighted by Gasteiger charge is -2.19. The molecule has 0 atom stereocenters. The second kappa shape index (κ2) is 8.54. The first kappa shape index (κ1) is 22.3. The predicted octanol–water partition coefficient (Wildman–Crippen LogP) is 5.82. The fraction of sp³-hybridized carbons (Fsp3) is 0.222. The fourth-order valence-corrected chi connectivity index (χ4v) is 3.86. The van der Waals surface area contributed by atoms with Gasteiger partial charge in [0.2, 0.25) is 5.91 Å². The van der Waals surface area contributed by atoms with Crippen molar-refractivity contribution >= 4 is 28.8 Å². The molecule has 2 aromatic carbocycles. The molecule has 6 nitrogen and oxygen atoms in total. The van der Waals surface area contributed by atoms with Gasteiger partial charge in [-0.25, -0.2) is 4.98 Å². The third kappa shape index (κ3) is 4.65. The van der Waals surface area contributed by atoms with Gasteiger partial charge in [-0.3, -0.25) is 9.59 Å². The Morgan fingerprint density at radius 2 is 1.70 bits per heavy atom. The van der Waals surface area contributed by atoms with E-state index in [0.29, 0.717) is 16.9 Å². The maximum Gasteiger partial charge on any atom is 0.255 e. The maximum absolute atomic E-state index is 12.9. The van der Waals surface area contributed by atoms with Crippen LogP contribution in [-0.2, 0) is 10.2 Å². The first-order valence-corrected chi connectivity index (χ1v) is 10.9. The van der Waals surface area contributed by atoms with Crippen LogP contribution in [0.15, 0.2) is 67.1 Å². The third-order valence-electron chi connectivity index (χ3n) is 5.70. The molecule has 2 amide bonds. The number of carbonyl (C=O) groups excluding carboxylic acids is 2. The van der Waals surface area contributed by atoms with Gasteiger partial charge in [0.25, 0.3) is 5.91 Å². The van der Waals surface area contributed by atoms with Gasteiger partial charge in [-0.05, 0) is 53.3 Å². The van der Waals surface area contributed by atoms with E-state index in [1.807, 2.05) is 72.2 Å². The Morgan fingerprint density at radius 3 is 2.36 bits per heavy atom. The molecule has 4 rings (SSSR count). The standard InChI is InChI=1S/C27H28N4O2/c1-17-22(20-15-24(29-18(2)32)25-28-13-14-31(25)16-20)7-6-8-23(17)30-26(33)19-9-11-21(12-10-19)27(3,4)5/h6-16H,1-5H3,(H,29,32)(H,30,33). The Morgan fingerprint density at radius 1 is 0.970 bits per heavy atom. The molecule has 2 heterocycles. The van der Waals surface area contributed by atoms with Crippen LogP contribution in [0.4, 0.5) is 11.4 Å². The van der Waals surface area contributed by atoms with Crippen molar-refractivity contribution in [3.63, 3.8) is 0 Å². The van der Waals surface area contributed by atoms with Crippen molar-refractivity contribution in [1.29, 1.82) is 0 Å². The smallest absolute Gasteiger partial charge is 0.255 e. The highest BCUT2D eigenvalue weighted by Crippen LogP contribution is 2.32. The van der Waals surface area contributed by atoms with E-state index in [9.17, 15) is 9.59 Å². The molecule has 168 valence electrons. The largest absolute Gasteiger partial charge is 0.323 e. The van der Waals surface area contributed by atoms with E-state index in [1.54, 1.807) is 6.20 Å².